The highest BCUT2D eigenvalue weighted by Crippen LogP contribution is 2.35. The van der Waals surface area contributed by atoms with Gasteiger partial charge in [-0.25, -0.2) is 4.98 Å². The maximum atomic E-state index is 12.1. The van der Waals surface area contributed by atoms with Crippen molar-refractivity contribution in [2.24, 2.45) is 11.8 Å². The SMILES string of the molecule is CC.CC.CCC(C)C1CC(NC(=O)C(=N)c2cnc(Cl)cc2C)C1.CCCc1cc(Cl)ccc1OC(F)F. The lowest BCUT2D eigenvalue weighted by Crippen LogP contribution is -2.48. The van der Waals surface area contributed by atoms with Crippen LogP contribution in [0.3, 0.4) is 0 Å². The fourth-order valence-corrected chi connectivity index (χ4v) is 4.37. The van der Waals surface area contributed by atoms with Gasteiger partial charge in [0.15, 0.2) is 0 Å². The van der Waals surface area contributed by atoms with E-state index in [-0.39, 0.29) is 23.4 Å². The molecule has 9 heteroatoms. The molecule has 0 saturated heterocycles. The summed E-state index contributed by atoms with van der Waals surface area (Å²) in [5.41, 5.74) is 2.01. The number of hydrogen-bond donors (Lipinski definition) is 2. The summed E-state index contributed by atoms with van der Waals surface area (Å²) in [7, 11) is 0. The van der Waals surface area contributed by atoms with Crippen LogP contribution in [-0.4, -0.2) is 29.3 Å². The lowest BCUT2D eigenvalue weighted by molar-refractivity contribution is -0.116. The summed E-state index contributed by atoms with van der Waals surface area (Å²) >= 11 is 11.5. The van der Waals surface area contributed by atoms with Gasteiger partial charge in [-0.1, -0.05) is 84.5 Å². The van der Waals surface area contributed by atoms with Gasteiger partial charge in [0.25, 0.3) is 5.91 Å². The van der Waals surface area contributed by atoms with Gasteiger partial charge in [0.05, 0.1) is 0 Å². The Bertz CT molecular complexity index is 1020. The third kappa shape index (κ3) is 12.6. The summed E-state index contributed by atoms with van der Waals surface area (Å²) in [6.45, 7) is 13.5. The Morgan fingerprint density at radius 1 is 1.15 bits per heavy atom. The van der Waals surface area contributed by atoms with E-state index in [1.54, 1.807) is 18.2 Å². The first kappa shape index (κ1) is 36.8. The monoisotopic (exact) mass is 587 g/mol. The van der Waals surface area contributed by atoms with Crippen molar-refractivity contribution in [3.63, 3.8) is 0 Å². The van der Waals surface area contributed by atoms with Crippen molar-refractivity contribution in [1.82, 2.24) is 10.3 Å². The Morgan fingerprint density at radius 3 is 2.28 bits per heavy atom. The molecule has 1 aromatic heterocycles. The third-order valence-corrected chi connectivity index (χ3v) is 6.73. The molecule has 1 unspecified atom stereocenters. The zero-order valence-corrected chi connectivity index (χ0v) is 26.0. The maximum absolute atomic E-state index is 12.1. The van der Waals surface area contributed by atoms with Gasteiger partial charge in [0.1, 0.15) is 16.6 Å². The summed E-state index contributed by atoms with van der Waals surface area (Å²) in [5, 5.41) is 11.9. The highest BCUT2D eigenvalue weighted by molar-refractivity contribution is 6.44. The average molecular weight is 589 g/mol. The van der Waals surface area contributed by atoms with Gasteiger partial charge >= 0.3 is 6.61 Å². The van der Waals surface area contributed by atoms with Crippen LogP contribution in [0, 0.1) is 24.2 Å². The van der Waals surface area contributed by atoms with Crippen molar-refractivity contribution in [2.45, 2.75) is 100 Å². The number of alkyl halides is 2. The minimum Gasteiger partial charge on any atom is -0.435 e. The number of ether oxygens (including phenoxy) is 1. The fourth-order valence-electron chi connectivity index (χ4n) is 3.96. The largest absolute Gasteiger partial charge is 0.435 e. The number of rotatable bonds is 9. The number of aromatic nitrogens is 1. The van der Waals surface area contributed by atoms with E-state index in [0.717, 1.165) is 30.4 Å². The first-order valence-electron chi connectivity index (χ1n) is 13.8. The van der Waals surface area contributed by atoms with E-state index in [2.05, 4.69) is 28.9 Å². The van der Waals surface area contributed by atoms with Gasteiger partial charge in [0, 0.05) is 22.8 Å². The molecule has 5 nitrogen and oxygen atoms in total. The van der Waals surface area contributed by atoms with Crippen molar-refractivity contribution in [3.8, 4) is 5.75 Å². The molecule has 2 N–H and O–H groups in total. The Labute approximate surface area is 243 Å². The predicted molar refractivity (Wildman–Crippen MR) is 160 cm³/mol. The second-order valence-corrected chi connectivity index (χ2v) is 9.69. The zero-order valence-electron chi connectivity index (χ0n) is 24.5. The quantitative estimate of drug-likeness (QED) is 0.226. The molecule has 3 rings (SSSR count). The second-order valence-electron chi connectivity index (χ2n) is 8.86. The molecule has 1 aliphatic rings. The van der Waals surface area contributed by atoms with Crippen LogP contribution in [0.1, 0.15) is 90.8 Å². The molecule has 1 fully saturated rings. The van der Waals surface area contributed by atoms with E-state index < -0.39 is 6.61 Å². The van der Waals surface area contributed by atoms with Crippen LogP contribution in [0.5, 0.6) is 5.75 Å². The number of amides is 1. The minimum atomic E-state index is -2.79. The molecule has 0 aliphatic heterocycles. The number of pyridine rings is 1. The van der Waals surface area contributed by atoms with Gasteiger partial charge < -0.3 is 10.1 Å². The summed E-state index contributed by atoms with van der Waals surface area (Å²) in [4.78, 5) is 16.1. The Morgan fingerprint density at radius 2 is 1.77 bits per heavy atom. The zero-order chi connectivity index (χ0) is 30.1. The fraction of sp³-hybridized carbons (Fsp3) is 0.567. The molecule has 1 atom stereocenters. The van der Waals surface area contributed by atoms with Crippen molar-refractivity contribution in [1.29, 1.82) is 5.41 Å². The van der Waals surface area contributed by atoms with Gasteiger partial charge in [-0.15, -0.1) is 0 Å². The summed E-state index contributed by atoms with van der Waals surface area (Å²) in [6.07, 6.45) is 6.25. The van der Waals surface area contributed by atoms with Crippen LogP contribution in [0.2, 0.25) is 10.2 Å². The van der Waals surface area contributed by atoms with E-state index in [1.807, 2.05) is 41.5 Å². The maximum Gasteiger partial charge on any atom is 0.387 e. The van der Waals surface area contributed by atoms with E-state index in [4.69, 9.17) is 28.6 Å². The van der Waals surface area contributed by atoms with E-state index in [9.17, 15) is 13.6 Å². The number of halogens is 4. The van der Waals surface area contributed by atoms with E-state index in [1.165, 1.54) is 18.7 Å². The number of aryl methyl sites for hydroxylation is 2. The number of carbonyl (C=O) groups excluding carboxylic acids is 1. The van der Waals surface area contributed by atoms with Gasteiger partial charge in [-0.05, 0) is 73.4 Å². The molecular weight excluding hydrogens is 543 g/mol. The number of carbonyl (C=O) groups is 1. The highest BCUT2D eigenvalue weighted by Gasteiger charge is 2.33. The molecule has 1 heterocycles. The smallest absolute Gasteiger partial charge is 0.387 e. The molecule has 1 saturated carbocycles. The lowest BCUT2D eigenvalue weighted by Gasteiger charge is -2.39. The molecule has 220 valence electrons. The van der Waals surface area contributed by atoms with Crippen molar-refractivity contribution < 1.29 is 18.3 Å². The van der Waals surface area contributed by atoms with E-state index >= 15 is 0 Å². The van der Waals surface area contributed by atoms with Crippen LogP contribution in [0.15, 0.2) is 30.5 Å². The van der Waals surface area contributed by atoms with Gasteiger partial charge in [-0.2, -0.15) is 8.78 Å². The van der Waals surface area contributed by atoms with E-state index in [0.29, 0.717) is 34.0 Å². The molecule has 39 heavy (non-hydrogen) atoms. The van der Waals surface area contributed by atoms with Crippen LogP contribution in [-0.2, 0) is 11.2 Å². The third-order valence-electron chi connectivity index (χ3n) is 6.29. The van der Waals surface area contributed by atoms with Crippen molar-refractivity contribution >= 4 is 34.8 Å². The Balaban J connectivity index is 0.000000698. The molecule has 2 aromatic rings. The normalized spacial score (nSPS) is 16.1. The number of hydrogen-bond acceptors (Lipinski definition) is 4. The van der Waals surface area contributed by atoms with Crippen molar-refractivity contribution in [3.05, 3.63) is 57.3 Å². The standard InChI is InChI=1S/C16H22ClN3O.C10H11ClF2O.2C2H6/c1-4-9(2)11-6-12(7-11)20-16(21)15(18)13-8-19-14(17)5-10(13)3;1-2-3-7-6-8(11)4-5-9(7)14-10(12)13;2*1-2/h5,8-9,11-12,18H,4,6-7H2,1-3H3,(H,20,21);4-6,10H,2-3H2,1H3;2*1-2H3. The number of nitrogens with one attached hydrogen (secondary N) is 2. The molecule has 1 aliphatic carbocycles. The lowest BCUT2D eigenvalue weighted by atomic mass is 9.72. The first-order chi connectivity index (χ1) is 18.5. The first-order valence-corrected chi connectivity index (χ1v) is 14.6. The second kappa shape index (κ2) is 19.8. The molecular formula is C30H45Cl2F2N3O2. The van der Waals surface area contributed by atoms with Gasteiger partial charge in [0.2, 0.25) is 0 Å². The van der Waals surface area contributed by atoms with Crippen molar-refractivity contribution in [2.75, 3.05) is 0 Å². The summed E-state index contributed by atoms with van der Waals surface area (Å²) < 4.78 is 28.3. The van der Waals surface area contributed by atoms with Crippen LogP contribution < -0.4 is 10.1 Å². The topological polar surface area (TPSA) is 75.1 Å². The molecule has 1 aromatic carbocycles. The molecule has 0 bridgehead atoms. The van der Waals surface area contributed by atoms with Gasteiger partial charge in [-0.3, -0.25) is 10.2 Å². The molecule has 0 radical (unpaired) electrons. The van der Waals surface area contributed by atoms with Crippen LogP contribution in [0.25, 0.3) is 0 Å². The minimum absolute atomic E-state index is 0.0383. The average Bonchev–Trinajstić information content (AvgIpc) is 2.89. The Hall–Kier alpha value is -2.25. The molecule has 1 amide bonds. The van der Waals surface area contributed by atoms with Crippen LogP contribution in [0.4, 0.5) is 8.78 Å². The molecule has 0 spiro atoms. The number of benzene rings is 1. The summed E-state index contributed by atoms with van der Waals surface area (Å²) in [5.74, 6) is 1.30. The van der Waals surface area contributed by atoms with Crippen LogP contribution >= 0.6 is 23.2 Å². The summed E-state index contributed by atoms with van der Waals surface area (Å²) in [6, 6.07) is 6.54. The number of nitrogens with zero attached hydrogens (tertiary/aromatic N) is 1. The predicted octanol–water partition coefficient (Wildman–Crippen LogP) is 9.30. The highest BCUT2D eigenvalue weighted by atomic mass is 35.5. The Kier molecular flexibility index (Phi) is 18.6.